The largest absolute Gasteiger partial charge is 0.345 e. The third-order valence-electron chi connectivity index (χ3n) is 6.39. The minimum Gasteiger partial charge on any atom is -0.345 e. The molecule has 5 rings (SSSR count). The van der Waals surface area contributed by atoms with Gasteiger partial charge in [-0.15, -0.1) is 0 Å². The SMILES string of the molecule is Cc1nc(-c2ccc(C(=O)NC3(CN4CCCC5(CC5)C4)CC3)cc2)no1. The fourth-order valence-corrected chi connectivity index (χ4v) is 4.43. The number of nitrogens with one attached hydrogen (secondary N) is 1. The van der Waals surface area contributed by atoms with Crippen LogP contribution in [0, 0.1) is 12.3 Å². The van der Waals surface area contributed by atoms with E-state index in [-0.39, 0.29) is 11.4 Å². The molecule has 142 valence electrons. The number of aryl methyl sites for hydroxylation is 1. The van der Waals surface area contributed by atoms with E-state index in [0.717, 1.165) is 24.9 Å². The Kier molecular flexibility index (Phi) is 3.86. The van der Waals surface area contributed by atoms with Crippen molar-refractivity contribution in [3.05, 3.63) is 35.7 Å². The van der Waals surface area contributed by atoms with Crippen molar-refractivity contribution in [2.75, 3.05) is 19.6 Å². The summed E-state index contributed by atoms with van der Waals surface area (Å²) in [5.41, 5.74) is 2.14. The summed E-state index contributed by atoms with van der Waals surface area (Å²) in [6.45, 7) is 5.17. The number of carbonyl (C=O) groups excluding carboxylic acids is 1. The summed E-state index contributed by atoms with van der Waals surface area (Å²) in [5, 5.41) is 7.23. The molecule has 1 saturated heterocycles. The molecular formula is C21H26N4O2. The Balaban J connectivity index is 1.22. The van der Waals surface area contributed by atoms with Gasteiger partial charge in [0.05, 0.1) is 5.54 Å². The number of amides is 1. The third kappa shape index (κ3) is 3.50. The van der Waals surface area contributed by atoms with Crippen molar-refractivity contribution in [2.24, 2.45) is 5.41 Å². The highest BCUT2D eigenvalue weighted by Crippen LogP contribution is 2.52. The van der Waals surface area contributed by atoms with E-state index in [1.165, 1.54) is 38.8 Å². The second kappa shape index (κ2) is 6.16. The highest BCUT2D eigenvalue weighted by atomic mass is 16.5. The van der Waals surface area contributed by atoms with Gasteiger partial charge in [0.15, 0.2) is 0 Å². The highest BCUT2D eigenvalue weighted by molar-refractivity contribution is 5.95. The van der Waals surface area contributed by atoms with Crippen molar-refractivity contribution in [3.63, 3.8) is 0 Å². The molecule has 6 nitrogen and oxygen atoms in total. The molecule has 0 unspecified atom stereocenters. The van der Waals surface area contributed by atoms with E-state index in [1.54, 1.807) is 6.92 Å². The van der Waals surface area contributed by atoms with Gasteiger partial charge >= 0.3 is 0 Å². The zero-order chi connectivity index (χ0) is 18.5. The molecule has 3 fully saturated rings. The first kappa shape index (κ1) is 16.9. The zero-order valence-corrected chi connectivity index (χ0v) is 15.8. The number of rotatable bonds is 5. The lowest BCUT2D eigenvalue weighted by atomic mass is 9.94. The quantitative estimate of drug-likeness (QED) is 0.880. The average Bonchev–Trinajstić information content (AvgIpc) is 3.55. The van der Waals surface area contributed by atoms with E-state index in [4.69, 9.17) is 4.52 Å². The maximum Gasteiger partial charge on any atom is 0.251 e. The molecule has 1 amide bonds. The van der Waals surface area contributed by atoms with E-state index < -0.39 is 0 Å². The van der Waals surface area contributed by atoms with Gasteiger partial charge in [-0.1, -0.05) is 17.3 Å². The fourth-order valence-electron chi connectivity index (χ4n) is 4.43. The Morgan fingerprint density at radius 3 is 2.59 bits per heavy atom. The first-order valence-corrected chi connectivity index (χ1v) is 10.0. The van der Waals surface area contributed by atoms with Gasteiger partial charge in [-0.05, 0) is 62.6 Å². The summed E-state index contributed by atoms with van der Waals surface area (Å²) in [7, 11) is 0. The van der Waals surface area contributed by atoms with Gasteiger partial charge < -0.3 is 14.7 Å². The van der Waals surface area contributed by atoms with Crippen LogP contribution in [0.2, 0.25) is 0 Å². The van der Waals surface area contributed by atoms with Crippen LogP contribution in [0.4, 0.5) is 0 Å². The molecule has 27 heavy (non-hydrogen) atoms. The van der Waals surface area contributed by atoms with E-state index in [1.807, 2.05) is 24.3 Å². The lowest BCUT2D eigenvalue weighted by Crippen LogP contribution is -2.49. The molecule has 3 aliphatic rings. The summed E-state index contributed by atoms with van der Waals surface area (Å²) >= 11 is 0. The predicted octanol–water partition coefficient (Wildman–Crippen LogP) is 3.18. The van der Waals surface area contributed by atoms with Crippen molar-refractivity contribution in [1.29, 1.82) is 0 Å². The summed E-state index contributed by atoms with van der Waals surface area (Å²) in [4.78, 5) is 19.6. The number of carbonyl (C=O) groups is 1. The minimum absolute atomic E-state index is 0.0153. The van der Waals surface area contributed by atoms with Gasteiger partial charge in [0.25, 0.3) is 5.91 Å². The van der Waals surface area contributed by atoms with Gasteiger partial charge in [-0.2, -0.15) is 4.98 Å². The smallest absolute Gasteiger partial charge is 0.251 e. The number of aromatic nitrogens is 2. The second-order valence-electron chi connectivity index (χ2n) is 8.76. The topological polar surface area (TPSA) is 71.3 Å². The van der Waals surface area contributed by atoms with Crippen LogP contribution >= 0.6 is 0 Å². The monoisotopic (exact) mass is 366 g/mol. The first-order chi connectivity index (χ1) is 13.0. The van der Waals surface area contributed by atoms with Crippen molar-refractivity contribution in [3.8, 4) is 11.4 Å². The van der Waals surface area contributed by atoms with Gasteiger partial charge in [-0.25, -0.2) is 0 Å². The van der Waals surface area contributed by atoms with Crippen LogP contribution in [0.15, 0.2) is 28.8 Å². The van der Waals surface area contributed by atoms with E-state index >= 15 is 0 Å². The van der Waals surface area contributed by atoms with Crippen molar-refractivity contribution in [1.82, 2.24) is 20.4 Å². The van der Waals surface area contributed by atoms with Crippen LogP contribution in [-0.4, -0.2) is 46.1 Å². The molecule has 0 bridgehead atoms. The summed E-state index contributed by atoms with van der Waals surface area (Å²) in [6, 6.07) is 7.43. The molecule has 1 N–H and O–H groups in total. The molecule has 2 saturated carbocycles. The molecule has 2 aromatic rings. The molecule has 2 aliphatic carbocycles. The van der Waals surface area contributed by atoms with E-state index in [9.17, 15) is 4.79 Å². The Bertz CT molecular complexity index is 849. The number of benzene rings is 1. The number of piperidine rings is 1. The number of hydrogen-bond acceptors (Lipinski definition) is 5. The predicted molar refractivity (Wildman–Crippen MR) is 101 cm³/mol. The standard InChI is InChI=1S/C21H26N4O2/c1-15-22-18(24-27-15)16-3-5-17(6-4-16)19(26)23-21(10-11-21)14-25-12-2-7-20(13-25)8-9-20/h3-6H,2,7-14H2,1H3,(H,23,26). The van der Waals surface area contributed by atoms with Crippen LogP contribution in [-0.2, 0) is 0 Å². The number of likely N-dealkylation sites (tertiary alicyclic amines) is 1. The molecule has 0 radical (unpaired) electrons. The second-order valence-corrected chi connectivity index (χ2v) is 8.76. The van der Waals surface area contributed by atoms with Crippen molar-refractivity contribution >= 4 is 5.91 Å². The zero-order valence-electron chi connectivity index (χ0n) is 15.8. The minimum atomic E-state index is -0.0199. The average molecular weight is 366 g/mol. The van der Waals surface area contributed by atoms with E-state index in [0.29, 0.717) is 22.7 Å². The lowest BCUT2D eigenvalue weighted by molar-refractivity contribution is 0.0895. The number of nitrogens with zero attached hydrogens (tertiary/aromatic N) is 3. The normalized spacial score (nSPS) is 22.6. The van der Waals surface area contributed by atoms with Crippen molar-refractivity contribution < 1.29 is 9.32 Å². The van der Waals surface area contributed by atoms with Gasteiger partial charge in [0, 0.05) is 31.1 Å². The molecular weight excluding hydrogens is 340 g/mol. The Labute approximate surface area is 159 Å². The summed E-state index contributed by atoms with van der Waals surface area (Å²) in [5.74, 6) is 1.10. The Hall–Kier alpha value is -2.21. The molecule has 6 heteroatoms. The Morgan fingerprint density at radius 1 is 1.19 bits per heavy atom. The van der Waals surface area contributed by atoms with Crippen molar-refractivity contribution in [2.45, 2.75) is 51.0 Å². The summed E-state index contributed by atoms with van der Waals surface area (Å²) < 4.78 is 5.02. The van der Waals surface area contributed by atoms with Gasteiger partial charge in [0.1, 0.15) is 0 Å². The van der Waals surface area contributed by atoms with Crippen LogP contribution in [0.25, 0.3) is 11.4 Å². The maximum atomic E-state index is 12.8. The van der Waals surface area contributed by atoms with E-state index in [2.05, 4.69) is 20.4 Å². The third-order valence-corrected chi connectivity index (χ3v) is 6.39. The molecule has 1 aromatic carbocycles. The fraction of sp³-hybridized carbons (Fsp3) is 0.571. The molecule has 2 heterocycles. The molecule has 1 spiro atoms. The van der Waals surface area contributed by atoms with Crippen LogP contribution in [0.3, 0.4) is 0 Å². The van der Waals surface area contributed by atoms with Crippen LogP contribution < -0.4 is 5.32 Å². The lowest BCUT2D eigenvalue weighted by Gasteiger charge is -2.35. The van der Waals surface area contributed by atoms with Crippen LogP contribution in [0.1, 0.15) is 54.8 Å². The first-order valence-electron chi connectivity index (χ1n) is 10.0. The Morgan fingerprint density at radius 2 is 1.96 bits per heavy atom. The molecule has 1 aromatic heterocycles. The van der Waals surface area contributed by atoms with Gasteiger partial charge in [-0.3, -0.25) is 4.79 Å². The number of hydrogen-bond donors (Lipinski definition) is 1. The maximum absolute atomic E-state index is 12.8. The highest BCUT2D eigenvalue weighted by Gasteiger charge is 2.50. The molecule has 0 atom stereocenters. The van der Waals surface area contributed by atoms with Gasteiger partial charge in [0.2, 0.25) is 11.7 Å². The van der Waals surface area contributed by atoms with Crippen LogP contribution in [0.5, 0.6) is 0 Å². The summed E-state index contributed by atoms with van der Waals surface area (Å²) in [6.07, 6.45) is 7.67. The molecule has 1 aliphatic heterocycles.